The Morgan fingerprint density at radius 3 is 2.32 bits per heavy atom. The van der Waals surface area contributed by atoms with Crippen LogP contribution in [0, 0.1) is 59.2 Å². The van der Waals surface area contributed by atoms with E-state index in [2.05, 4.69) is 47.6 Å². The van der Waals surface area contributed by atoms with Crippen molar-refractivity contribution in [3.8, 4) is 0 Å². The van der Waals surface area contributed by atoms with Crippen LogP contribution in [0.15, 0.2) is 40.8 Å². The monoisotopic (exact) mass is 582 g/mol. The zero-order valence-electron chi connectivity index (χ0n) is 26.6. The predicted octanol–water partition coefficient (Wildman–Crippen LogP) is 8.93. The number of carbonyl (C=O) groups excluding carboxylic acids is 1. The molecule has 0 aromatic heterocycles. The third kappa shape index (κ3) is 5.64. The number of rotatable bonds is 8. The van der Waals surface area contributed by atoms with Crippen molar-refractivity contribution in [3.05, 3.63) is 41.5 Å². The molecule has 1 aromatic rings. The minimum atomic E-state index is -3.84. The zero-order valence-corrected chi connectivity index (χ0v) is 27.4. The first-order valence-electron chi connectivity index (χ1n) is 16.5. The molecule has 0 spiro atoms. The van der Waals surface area contributed by atoms with Crippen LogP contribution in [0.1, 0.15) is 111 Å². The summed E-state index contributed by atoms with van der Waals surface area (Å²) in [7, 11) is -3.84. The average molecular weight is 583 g/mol. The van der Waals surface area contributed by atoms with Crippen LogP contribution >= 0.6 is 0 Å². The van der Waals surface area contributed by atoms with Gasteiger partial charge in [-0.15, -0.1) is 0 Å². The van der Waals surface area contributed by atoms with Gasteiger partial charge in [0.05, 0.1) is 11.0 Å². The van der Waals surface area contributed by atoms with Crippen LogP contribution in [0.25, 0.3) is 0 Å². The summed E-state index contributed by atoms with van der Waals surface area (Å²) in [5.41, 5.74) is 2.89. The van der Waals surface area contributed by atoms with Gasteiger partial charge in [-0.3, -0.25) is 8.98 Å². The fourth-order valence-corrected chi connectivity index (χ4v) is 11.5. The van der Waals surface area contributed by atoms with Crippen molar-refractivity contribution >= 4 is 15.9 Å². The number of allylic oxidation sites excluding steroid dienone is 2. The lowest BCUT2D eigenvalue weighted by molar-refractivity contribution is -0.159. The van der Waals surface area contributed by atoms with Gasteiger partial charge in [-0.25, -0.2) is 0 Å². The highest BCUT2D eigenvalue weighted by Crippen LogP contribution is 2.68. The molecule has 5 rings (SSSR count). The second-order valence-electron chi connectivity index (χ2n) is 15.1. The lowest BCUT2D eigenvalue weighted by Gasteiger charge is -2.60. The van der Waals surface area contributed by atoms with Gasteiger partial charge in [-0.2, -0.15) is 8.42 Å². The molecule has 4 saturated carbocycles. The van der Waals surface area contributed by atoms with Crippen molar-refractivity contribution < 1.29 is 17.4 Å². The molecule has 0 saturated heterocycles. The van der Waals surface area contributed by atoms with Crippen molar-refractivity contribution in [3.63, 3.8) is 0 Å². The third-order valence-electron chi connectivity index (χ3n) is 12.7. The van der Waals surface area contributed by atoms with E-state index in [0.29, 0.717) is 60.1 Å². The Morgan fingerprint density at radius 1 is 1.00 bits per heavy atom. The lowest BCUT2D eigenvalue weighted by Crippen LogP contribution is -2.57. The second kappa shape index (κ2) is 11.6. The SMILES string of the molecule is C/C=C(\CC[C@@H](C)[C@H]1CC[C@H]2[C@@H]3CC(=O)[C@H]4C[C@@H](OS(=O)(=O)c5ccc(C)cc5)CC[C@]4(C)[C@H]3CC[C@]12C)C(C)C. The molecule has 0 bridgehead atoms. The maximum atomic E-state index is 13.9. The van der Waals surface area contributed by atoms with Gasteiger partial charge in [0.15, 0.2) is 0 Å². The van der Waals surface area contributed by atoms with Crippen molar-refractivity contribution in [1.29, 1.82) is 0 Å². The maximum Gasteiger partial charge on any atom is 0.297 e. The fraction of sp³-hybridized carbons (Fsp3) is 0.750. The maximum absolute atomic E-state index is 13.9. The summed E-state index contributed by atoms with van der Waals surface area (Å²) in [5.74, 6) is 4.03. The van der Waals surface area contributed by atoms with Crippen LogP contribution in [0.3, 0.4) is 0 Å². The minimum Gasteiger partial charge on any atom is -0.299 e. The normalized spacial score (nSPS) is 38.3. The number of carbonyl (C=O) groups is 1. The van der Waals surface area contributed by atoms with E-state index in [1.54, 1.807) is 29.8 Å². The van der Waals surface area contributed by atoms with E-state index in [1.807, 2.05) is 6.92 Å². The number of Topliss-reactive ketones (excluding diaryl/α,β-unsaturated/α-hetero) is 1. The molecule has 0 aliphatic heterocycles. The Hall–Kier alpha value is -1.46. The molecule has 1 aromatic carbocycles. The number of ketones is 1. The minimum absolute atomic E-state index is 0.0450. The molecule has 4 fully saturated rings. The van der Waals surface area contributed by atoms with E-state index in [4.69, 9.17) is 4.18 Å². The van der Waals surface area contributed by atoms with Crippen molar-refractivity contribution in [1.82, 2.24) is 0 Å². The van der Waals surface area contributed by atoms with Gasteiger partial charge in [0, 0.05) is 12.3 Å². The first-order valence-corrected chi connectivity index (χ1v) is 17.9. The largest absolute Gasteiger partial charge is 0.299 e. The molecule has 0 amide bonds. The van der Waals surface area contributed by atoms with Gasteiger partial charge < -0.3 is 0 Å². The Balaban J connectivity index is 1.27. The highest BCUT2D eigenvalue weighted by molar-refractivity contribution is 7.86. The molecule has 41 heavy (non-hydrogen) atoms. The quantitative estimate of drug-likeness (QED) is 0.227. The highest BCUT2D eigenvalue weighted by Gasteiger charge is 2.62. The second-order valence-corrected chi connectivity index (χ2v) is 16.7. The van der Waals surface area contributed by atoms with E-state index < -0.39 is 16.2 Å². The smallest absolute Gasteiger partial charge is 0.297 e. The third-order valence-corrected chi connectivity index (χ3v) is 14.1. The molecule has 0 unspecified atom stereocenters. The molecular formula is C36H54O4S. The summed E-state index contributed by atoms with van der Waals surface area (Å²) in [6, 6.07) is 6.84. The molecule has 4 aliphatic rings. The van der Waals surface area contributed by atoms with E-state index in [9.17, 15) is 13.2 Å². The van der Waals surface area contributed by atoms with E-state index in [-0.39, 0.29) is 16.2 Å². The summed E-state index contributed by atoms with van der Waals surface area (Å²) < 4.78 is 31.8. The van der Waals surface area contributed by atoms with Gasteiger partial charge >= 0.3 is 0 Å². The molecule has 4 nitrogen and oxygen atoms in total. The van der Waals surface area contributed by atoms with Crippen LogP contribution < -0.4 is 0 Å². The highest BCUT2D eigenvalue weighted by atomic mass is 32.2. The van der Waals surface area contributed by atoms with Crippen molar-refractivity contribution in [2.75, 3.05) is 0 Å². The summed E-state index contributed by atoms with van der Waals surface area (Å²) in [6.45, 7) is 16.2. The molecule has 4 aliphatic carbocycles. The van der Waals surface area contributed by atoms with Crippen LogP contribution in [-0.4, -0.2) is 20.3 Å². The fourth-order valence-electron chi connectivity index (χ4n) is 10.4. The number of fused-ring (bicyclic) bond motifs is 5. The van der Waals surface area contributed by atoms with Gasteiger partial charge in [0.25, 0.3) is 10.1 Å². The van der Waals surface area contributed by atoms with E-state index in [0.717, 1.165) is 17.9 Å². The molecule has 0 radical (unpaired) electrons. The molecule has 228 valence electrons. The summed E-state index contributed by atoms with van der Waals surface area (Å²) >= 11 is 0. The standard InChI is InChI=1S/C36H54O4S/c1-8-26(23(2)3)12-11-25(5)30-15-16-31-29-22-34(37)33-21-27(40-41(38,39)28-13-9-24(4)10-14-28)17-19-36(33,7)32(29)18-20-35(30,31)6/h8-10,13-14,23,25,27,29-33H,11-12,15-22H2,1-7H3/b26-8+/t25-,27+,29+,30-,31+,32+,33-,35-,36-/m1/s1. The van der Waals surface area contributed by atoms with Crippen LogP contribution in [0.5, 0.6) is 0 Å². The Bertz CT molecular complexity index is 1250. The molecule has 5 heteroatoms. The predicted molar refractivity (Wildman–Crippen MR) is 166 cm³/mol. The molecular weight excluding hydrogens is 528 g/mol. The number of benzene rings is 1. The Labute approximate surface area is 250 Å². The zero-order chi connectivity index (χ0) is 29.7. The summed E-state index contributed by atoms with van der Waals surface area (Å²) in [5, 5.41) is 0. The van der Waals surface area contributed by atoms with E-state index >= 15 is 0 Å². The lowest BCUT2D eigenvalue weighted by atomic mass is 9.44. The average Bonchev–Trinajstić information content (AvgIpc) is 3.27. The van der Waals surface area contributed by atoms with Gasteiger partial charge in [-0.05, 0) is 130 Å². The van der Waals surface area contributed by atoms with Crippen LogP contribution in [0.2, 0.25) is 0 Å². The Kier molecular flexibility index (Phi) is 8.74. The molecule has 0 heterocycles. The first kappa shape index (κ1) is 31.0. The van der Waals surface area contributed by atoms with Crippen molar-refractivity contribution in [2.45, 2.75) is 124 Å². The van der Waals surface area contributed by atoms with Gasteiger partial charge in [0.2, 0.25) is 0 Å². The molecule has 9 atom stereocenters. The van der Waals surface area contributed by atoms with Crippen LogP contribution in [0.4, 0.5) is 0 Å². The topological polar surface area (TPSA) is 60.4 Å². The van der Waals surface area contributed by atoms with Crippen LogP contribution in [-0.2, 0) is 19.1 Å². The summed E-state index contributed by atoms with van der Waals surface area (Å²) in [6.07, 6.45) is 12.2. The van der Waals surface area contributed by atoms with E-state index in [1.165, 1.54) is 38.5 Å². The number of hydrogen-bond donors (Lipinski definition) is 0. The van der Waals surface area contributed by atoms with Crippen molar-refractivity contribution in [2.24, 2.45) is 52.3 Å². The Morgan fingerprint density at radius 2 is 1.66 bits per heavy atom. The van der Waals surface area contributed by atoms with Gasteiger partial charge in [0.1, 0.15) is 5.78 Å². The van der Waals surface area contributed by atoms with Gasteiger partial charge in [-0.1, -0.05) is 64.0 Å². The first-order chi connectivity index (χ1) is 19.3. The molecule has 0 N–H and O–H groups in total. The number of aryl methyl sites for hydroxylation is 1. The summed E-state index contributed by atoms with van der Waals surface area (Å²) in [4.78, 5) is 14.1. The number of hydrogen-bond acceptors (Lipinski definition) is 4.